The van der Waals surface area contributed by atoms with Gasteiger partial charge in [-0.1, -0.05) is 18.2 Å². The molecule has 20 heavy (non-hydrogen) atoms. The van der Waals surface area contributed by atoms with E-state index in [9.17, 15) is 0 Å². The third-order valence-corrected chi connectivity index (χ3v) is 3.81. The smallest absolute Gasteiger partial charge is 0.130 e. The van der Waals surface area contributed by atoms with Gasteiger partial charge in [-0.25, -0.2) is 0 Å². The lowest BCUT2D eigenvalue weighted by Gasteiger charge is -2.19. The summed E-state index contributed by atoms with van der Waals surface area (Å²) in [5.74, 6) is 1.68. The SMILES string of the molecule is COc1cccc(OC)c1-c1ccc2c(c1)CNCC2. The van der Waals surface area contributed by atoms with Crippen LogP contribution in [-0.2, 0) is 13.0 Å². The Hall–Kier alpha value is -2.00. The highest BCUT2D eigenvalue weighted by Gasteiger charge is 2.15. The molecule has 0 unspecified atom stereocenters. The van der Waals surface area contributed by atoms with E-state index in [1.54, 1.807) is 14.2 Å². The van der Waals surface area contributed by atoms with E-state index in [0.717, 1.165) is 42.1 Å². The number of rotatable bonds is 3. The van der Waals surface area contributed by atoms with E-state index >= 15 is 0 Å². The van der Waals surface area contributed by atoms with Gasteiger partial charge in [0.25, 0.3) is 0 Å². The maximum atomic E-state index is 5.49. The number of ether oxygens (including phenoxy) is 2. The van der Waals surface area contributed by atoms with Gasteiger partial charge in [0.15, 0.2) is 0 Å². The summed E-state index contributed by atoms with van der Waals surface area (Å²) < 4.78 is 11.0. The Morgan fingerprint density at radius 1 is 0.950 bits per heavy atom. The molecule has 3 heteroatoms. The molecule has 0 amide bonds. The van der Waals surface area contributed by atoms with Crippen LogP contribution in [0, 0.1) is 0 Å². The maximum absolute atomic E-state index is 5.49. The quantitative estimate of drug-likeness (QED) is 0.929. The second-order valence-corrected chi connectivity index (χ2v) is 4.95. The Labute approximate surface area is 119 Å². The second kappa shape index (κ2) is 5.55. The van der Waals surface area contributed by atoms with Gasteiger partial charge < -0.3 is 14.8 Å². The van der Waals surface area contributed by atoms with Gasteiger partial charge in [-0.3, -0.25) is 0 Å². The number of benzene rings is 2. The van der Waals surface area contributed by atoms with E-state index in [-0.39, 0.29) is 0 Å². The van der Waals surface area contributed by atoms with E-state index in [1.807, 2.05) is 18.2 Å². The molecule has 0 aliphatic carbocycles. The lowest BCUT2D eigenvalue weighted by Crippen LogP contribution is -2.23. The minimum Gasteiger partial charge on any atom is -0.496 e. The molecule has 3 rings (SSSR count). The molecule has 3 nitrogen and oxygen atoms in total. The standard InChI is InChI=1S/C17H19NO2/c1-19-15-4-3-5-16(20-2)17(15)13-7-6-12-8-9-18-11-14(12)10-13/h3-7,10,18H,8-9,11H2,1-2H3. The van der Waals surface area contributed by atoms with Crippen LogP contribution in [0.4, 0.5) is 0 Å². The summed E-state index contributed by atoms with van der Waals surface area (Å²) in [4.78, 5) is 0. The summed E-state index contributed by atoms with van der Waals surface area (Å²) in [5, 5.41) is 3.41. The molecule has 1 heterocycles. The number of methoxy groups -OCH3 is 2. The molecule has 104 valence electrons. The molecule has 0 saturated carbocycles. The van der Waals surface area contributed by atoms with Gasteiger partial charge in [-0.15, -0.1) is 0 Å². The van der Waals surface area contributed by atoms with Gasteiger partial charge in [0.05, 0.1) is 19.8 Å². The predicted molar refractivity (Wildman–Crippen MR) is 80.4 cm³/mol. The van der Waals surface area contributed by atoms with Crippen LogP contribution in [0.1, 0.15) is 11.1 Å². The highest BCUT2D eigenvalue weighted by molar-refractivity contribution is 5.77. The van der Waals surface area contributed by atoms with Gasteiger partial charge in [-0.2, -0.15) is 0 Å². The van der Waals surface area contributed by atoms with Gasteiger partial charge in [0, 0.05) is 6.54 Å². The first-order valence-corrected chi connectivity index (χ1v) is 6.87. The van der Waals surface area contributed by atoms with Crippen LogP contribution in [0.3, 0.4) is 0 Å². The molecule has 1 N–H and O–H groups in total. The molecule has 0 bridgehead atoms. The molecule has 1 aliphatic heterocycles. The van der Waals surface area contributed by atoms with Gasteiger partial charge >= 0.3 is 0 Å². The fourth-order valence-corrected chi connectivity index (χ4v) is 2.77. The normalized spacial score (nSPS) is 13.7. The molecule has 2 aromatic carbocycles. The topological polar surface area (TPSA) is 30.5 Å². The van der Waals surface area contributed by atoms with Crippen molar-refractivity contribution < 1.29 is 9.47 Å². The summed E-state index contributed by atoms with van der Waals surface area (Å²) in [6.07, 6.45) is 1.10. The molecular formula is C17H19NO2. The summed E-state index contributed by atoms with van der Waals surface area (Å²) in [6.45, 7) is 1.99. The van der Waals surface area contributed by atoms with E-state index in [0.29, 0.717) is 0 Å². The van der Waals surface area contributed by atoms with Crippen LogP contribution in [-0.4, -0.2) is 20.8 Å². The molecule has 0 spiro atoms. The Balaban J connectivity index is 2.13. The van der Waals surface area contributed by atoms with Crippen molar-refractivity contribution in [2.24, 2.45) is 0 Å². The number of hydrogen-bond donors (Lipinski definition) is 1. The Morgan fingerprint density at radius 2 is 1.70 bits per heavy atom. The van der Waals surface area contributed by atoms with Crippen molar-refractivity contribution in [1.29, 1.82) is 0 Å². The largest absolute Gasteiger partial charge is 0.496 e. The highest BCUT2D eigenvalue weighted by Crippen LogP contribution is 2.39. The molecule has 2 aromatic rings. The second-order valence-electron chi connectivity index (χ2n) is 4.95. The molecule has 0 radical (unpaired) electrons. The van der Waals surface area contributed by atoms with E-state index < -0.39 is 0 Å². The van der Waals surface area contributed by atoms with Crippen molar-refractivity contribution in [2.45, 2.75) is 13.0 Å². The van der Waals surface area contributed by atoms with E-state index in [2.05, 4.69) is 23.5 Å². The summed E-state index contributed by atoms with van der Waals surface area (Å²) in [6, 6.07) is 12.5. The van der Waals surface area contributed by atoms with Crippen molar-refractivity contribution in [3.05, 3.63) is 47.5 Å². The Morgan fingerprint density at radius 3 is 2.40 bits per heavy atom. The zero-order chi connectivity index (χ0) is 13.9. The molecule has 1 aliphatic rings. The summed E-state index contributed by atoms with van der Waals surface area (Å²) >= 11 is 0. The van der Waals surface area contributed by atoms with E-state index in [4.69, 9.17) is 9.47 Å². The van der Waals surface area contributed by atoms with Crippen LogP contribution in [0.25, 0.3) is 11.1 Å². The number of fused-ring (bicyclic) bond motifs is 1. The maximum Gasteiger partial charge on any atom is 0.130 e. The van der Waals surface area contributed by atoms with Gasteiger partial charge in [0.2, 0.25) is 0 Å². The number of hydrogen-bond acceptors (Lipinski definition) is 3. The van der Waals surface area contributed by atoms with Crippen molar-refractivity contribution >= 4 is 0 Å². The minimum atomic E-state index is 0.841. The average Bonchev–Trinajstić information content (AvgIpc) is 2.53. The van der Waals surface area contributed by atoms with Crippen LogP contribution in [0.15, 0.2) is 36.4 Å². The predicted octanol–water partition coefficient (Wildman–Crippen LogP) is 3.02. The van der Waals surface area contributed by atoms with Crippen LogP contribution in [0.5, 0.6) is 11.5 Å². The van der Waals surface area contributed by atoms with Gasteiger partial charge in [-0.05, 0) is 47.9 Å². The zero-order valence-corrected chi connectivity index (χ0v) is 11.9. The first-order valence-electron chi connectivity index (χ1n) is 6.87. The van der Waals surface area contributed by atoms with Gasteiger partial charge in [0.1, 0.15) is 11.5 Å². The first-order chi connectivity index (χ1) is 9.83. The molecular weight excluding hydrogens is 250 g/mol. The summed E-state index contributed by atoms with van der Waals surface area (Å²) in [7, 11) is 3.39. The molecule has 0 aromatic heterocycles. The lowest BCUT2D eigenvalue weighted by atomic mass is 9.95. The van der Waals surface area contributed by atoms with Crippen molar-refractivity contribution in [2.75, 3.05) is 20.8 Å². The fourth-order valence-electron chi connectivity index (χ4n) is 2.77. The first kappa shape index (κ1) is 13.0. The Kier molecular flexibility index (Phi) is 3.61. The van der Waals surface area contributed by atoms with Crippen LogP contribution >= 0.6 is 0 Å². The van der Waals surface area contributed by atoms with Crippen molar-refractivity contribution in [3.63, 3.8) is 0 Å². The highest BCUT2D eigenvalue weighted by atomic mass is 16.5. The van der Waals surface area contributed by atoms with Crippen LogP contribution < -0.4 is 14.8 Å². The lowest BCUT2D eigenvalue weighted by molar-refractivity contribution is 0.397. The molecule has 0 saturated heterocycles. The molecule has 0 atom stereocenters. The van der Waals surface area contributed by atoms with Crippen molar-refractivity contribution in [3.8, 4) is 22.6 Å². The van der Waals surface area contributed by atoms with E-state index in [1.165, 1.54) is 11.1 Å². The fraction of sp³-hybridized carbons (Fsp3) is 0.294. The monoisotopic (exact) mass is 269 g/mol. The van der Waals surface area contributed by atoms with Crippen molar-refractivity contribution in [1.82, 2.24) is 5.32 Å². The molecule has 0 fully saturated rings. The number of nitrogens with one attached hydrogen (secondary N) is 1. The zero-order valence-electron chi connectivity index (χ0n) is 11.9. The summed E-state index contributed by atoms with van der Waals surface area (Å²) in [5.41, 5.74) is 4.95. The third kappa shape index (κ3) is 2.25. The average molecular weight is 269 g/mol. The minimum absolute atomic E-state index is 0.841. The third-order valence-electron chi connectivity index (χ3n) is 3.81. The van der Waals surface area contributed by atoms with Crippen LogP contribution in [0.2, 0.25) is 0 Å². The Bertz CT molecular complexity index is 600.